The molecule has 5 nitrogen and oxygen atoms in total. The highest BCUT2D eigenvalue weighted by Crippen LogP contribution is 2.44. The minimum atomic E-state index is -0.410. The molecule has 0 spiro atoms. The molecular formula is C26H37N3O2S. The summed E-state index contributed by atoms with van der Waals surface area (Å²) in [5, 5.41) is 5.23. The first-order valence-corrected chi connectivity index (χ1v) is 12.8. The van der Waals surface area contributed by atoms with E-state index in [1.807, 2.05) is 46.7 Å². The van der Waals surface area contributed by atoms with Gasteiger partial charge in [-0.2, -0.15) is 0 Å². The average molecular weight is 456 g/mol. The summed E-state index contributed by atoms with van der Waals surface area (Å²) in [6.07, 6.45) is 2.22. The van der Waals surface area contributed by atoms with Crippen LogP contribution >= 0.6 is 11.3 Å². The van der Waals surface area contributed by atoms with Crippen LogP contribution in [-0.4, -0.2) is 54.3 Å². The molecule has 0 fully saturated rings. The zero-order chi connectivity index (χ0) is 23.1. The van der Waals surface area contributed by atoms with Crippen LogP contribution < -0.4 is 5.32 Å². The van der Waals surface area contributed by atoms with Crippen molar-refractivity contribution in [2.24, 2.45) is 5.92 Å². The van der Waals surface area contributed by atoms with Crippen molar-refractivity contribution in [3.05, 3.63) is 57.8 Å². The molecule has 0 aliphatic carbocycles. The second-order valence-electron chi connectivity index (χ2n) is 9.01. The molecule has 1 aromatic heterocycles. The van der Waals surface area contributed by atoms with Crippen LogP contribution in [0.2, 0.25) is 0 Å². The Morgan fingerprint density at radius 2 is 1.81 bits per heavy atom. The third-order valence-corrected chi connectivity index (χ3v) is 6.87. The van der Waals surface area contributed by atoms with Crippen LogP contribution in [0.5, 0.6) is 0 Å². The largest absolute Gasteiger partial charge is 0.354 e. The van der Waals surface area contributed by atoms with E-state index in [1.54, 1.807) is 11.3 Å². The van der Waals surface area contributed by atoms with Gasteiger partial charge >= 0.3 is 0 Å². The lowest BCUT2D eigenvalue weighted by Crippen LogP contribution is -2.49. The molecule has 0 saturated heterocycles. The quantitative estimate of drug-likeness (QED) is 0.523. The molecule has 1 N–H and O–H groups in total. The summed E-state index contributed by atoms with van der Waals surface area (Å²) in [5.74, 6) is -0.0713. The van der Waals surface area contributed by atoms with Crippen molar-refractivity contribution in [1.29, 1.82) is 0 Å². The van der Waals surface area contributed by atoms with Gasteiger partial charge in [0.1, 0.15) is 0 Å². The number of rotatable bonds is 11. The number of thiophene rings is 1. The molecule has 0 saturated carbocycles. The summed E-state index contributed by atoms with van der Waals surface area (Å²) < 4.78 is 0. The van der Waals surface area contributed by atoms with Crippen LogP contribution in [0.15, 0.2) is 41.8 Å². The lowest BCUT2D eigenvalue weighted by molar-refractivity contribution is -0.124. The van der Waals surface area contributed by atoms with Gasteiger partial charge in [-0.1, -0.05) is 52.0 Å². The van der Waals surface area contributed by atoms with Crippen molar-refractivity contribution >= 4 is 23.2 Å². The van der Waals surface area contributed by atoms with Gasteiger partial charge in [-0.3, -0.25) is 9.59 Å². The average Bonchev–Trinajstić information content (AvgIpc) is 3.30. The molecule has 1 aliphatic rings. The Labute approximate surface area is 196 Å². The highest BCUT2D eigenvalue weighted by molar-refractivity contribution is 7.10. The molecule has 1 aromatic carbocycles. The summed E-state index contributed by atoms with van der Waals surface area (Å²) in [6.45, 7) is 12.8. The number of carbonyl (C=O) groups is 2. The molecule has 0 radical (unpaired) electrons. The third-order valence-electron chi connectivity index (χ3n) is 5.92. The molecular weight excluding hydrogens is 418 g/mol. The molecule has 174 valence electrons. The van der Waals surface area contributed by atoms with E-state index >= 15 is 0 Å². The zero-order valence-corrected chi connectivity index (χ0v) is 20.7. The van der Waals surface area contributed by atoms with Crippen molar-refractivity contribution in [3.63, 3.8) is 0 Å². The van der Waals surface area contributed by atoms with Crippen LogP contribution in [0.25, 0.3) is 0 Å². The molecule has 2 aromatic rings. The van der Waals surface area contributed by atoms with Gasteiger partial charge in [0.05, 0.1) is 12.0 Å². The topological polar surface area (TPSA) is 52.7 Å². The van der Waals surface area contributed by atoms with E-state index in [0.717, 1.165) is 42.9 Å². The second-order valence-corrected chi connectivity index (χ2v) is 9.99. The predicted octanol–water partition coefficient (Wildman–Crippen LogP) is 4.92. The van der Waals surface area contributed by atoms with Gasteiger partial charge in [-0.25, -0.2) is 0 Å². The van der Waals surface area contributed by atoms with Gasteiger partial charge in [0, 0.05) is 30.1 Å². The van der Waals surface area contributed by atoms with Crippen LogP contribution in [0, 0.1) is 5.92 Å². The number of nitrogens with zero attached hydrogens (tertiary/aromatic N) is 2. The Morgan fingerprint density at radius 3 is 2.44 bits per heavy atom. The van der Waals surface area contributed by atoms with Crippen molar-refractivity contribution in [2.75, 3.05) is 32.7 Å². The van der Waals surface area contributed by atoms with Crippen LogP contribution in [0.3, 0.4) is 0 Å². The van der Waals surface area contributed by atoms with Crippen LogP contribution in [0.4, 0.5) is 0 Å². The molecule has 1 aliphatic heterocycles. The minimum Gasteiger partial charge on any atom is -0.354 e. The Kier molecular flexibility index (Phi) is 8.88. The van der Waals surface area contributed by atoms with Gasteiger partial charge in [0.15, 0.2) is 0 Å². The number of carbonyl (C=O) groups excluding carboxylic acids is 2. The Balaban J connectivity index is 1.90. The van der Waals surface area contributed by atoms with E-state index in [2.05, 4.69) is 37.9 Å². The summed E-state index contributed by atoms with van der Waals surface area (Å²) in [5.41, 5.74) is 1.49. The van der Waals surface area contributed by atoms with Crippen molar-refractivity contribution in [1.82, 2.24) is 15.1 Å². The maximum Gasteiger partial charge on any atom is 0.254 e. The van der Waals surface area contributed by atoms with Crippen LogP contribution in [0.1, 0.15) is 73.3 Å². The van der Waals surface area contributed by atoms with E-state index in [-0.39, 0.29) is 17.9 Å². The number of nitrogens with one attached hydrogen (secondary N) is 1. The summed E-state index contributed by atoms with van der Waals surface area (Å²) in [7, 11) is 0. The number of amides is 2. The first-order valence-electron chi connectivity index (χ1n) is 11.9. The Bertz CT molecular complexity index is 875. The molecule has 0 unspecified atom stereocenters. The standard InChI is InChI=1S/C26H37N3O2S/c1-5-14-28(15-6-2)16-13-27-25(30)23-20-10-7-8-11-21(20)26(31)29(18-19(3)4)24(23)22-12-9-17-32-22/h7-12,17,19,23-24H,5-6,13-16,18H2,1-4H3,(H,27,30)/t23-,24-/m1/s1. The SMILES string of the molecule is CCCN(CCC)CCNC(=O)[C@@H]1c2ccccc2C(=O)N(CC(C)C)[C@@H]1c1cccs1. The van der Waals surface area contributed by atoms with E-state index in [9.17, 15) is 9.59 Å². The van der Waals surface area contributed by atoms with E-state index in [4.69, 9.17) is 0 Å². The van der Waals surface area contributed by atoms with Gasteiger partial charge in [0.25, 0.3) is 5.91 Å². The molecule has 32 heavy (non-hydrogen) atoms. The van der Waals surface area contributed by atoms with Crippen LogP contribution in [-0.2, 0) is 4.79 Å². The fourth-order valence-corrected chi connectivity index (χ4v) is 5.54. The van der Waals surface area contributed by atoms with Crippen molar-refractivity contribution < 1.29 is 9.59 Å². The monoisotopic (exact) mass is 455 g/mol. The first-order chi connectivity index (χ1) is 15.5. The zero-order valence-electron chi connectivity index (χ0n) is 19.8. The van der Waals surface area contributed by atoms with E-state index in [1.165, 1.54) is 0 Å². The Hall–Kier alpha value is -2.18. The Morgan fingerprint density at radius 1 is 1.09 bits per heavy atom. The highest BCUT2D eigenvalue weighted by Gasteiger charge is 2.44. The number of fused-ring (bicyclic) bond motifs is 1. The van der Waals surface area contributed by atoms with Gasteiger partial charge < -0.3 is 15.1 Å². The number of hydrogen-bond donors (Lipinski definition) is 1. The molecule has 2 heterocycles. The first kappa shape index (κ1) is 24.5. The van der Waals surface area contributed by atoms with Crippen molar-refractivity contribution in [2.45, 2.75) is 52.5 Å². The molecule has 2 atom stereocenters. The second kappa shape index (κ2) is 11.6. The summed E-state index contributed by atoms with van der Waals surface area (Å²) in [4.78, 5) is 32.5. The number of hydrogen-bond acceptors (Lipinski definition) is 4. The summed E-state index contributed by atoms with van der Waals surface area (Å²) >= 11 is 1.62. The van der Waals surface area contributed by atoms with Gasteiger partial charge in [0.2, 0.25) is 5.91 Å². The molecule has 0 bridgehead atoms. The fourth-order valence-electron chi connectivity index (χ4n) is 4.66. The molecule has 2 amide bonds. The normalized spacial score (nSPS) is 18.3. The minimum absolute atomic E-state index is 0.00468. The van der Waals surface area contributed by atoms with Gasteiger partial charge in [-0.05, 0) is 54.9 Å². The molecule has 3 rings (SSSR count). The third kappa shape index (κ3) is 5.59. The number of benzene rings is 1. The smallest absolute Gasteiger partial charge is 0.254 e. The van der Waals surface area contributed by atoms with E-state index < -0.39 is 5.92 Å². The summed E-state index contributed by atoms with van der Waals surface area (Å²) in [6, 6.07) is 11.4. The maximum absolute atomic E-state index is 13.6. The fraction of sp³-hybridized carbons (Fsp3) is 0.538. The van der Waals surface area contributed by atoms with Crippen molar-refractivity contribution in [3.8, 4) is 0 Å². The highest BCUT2D eigenvalue weighted by atomic mass is 32.1. The lowest BCUT2D eigenvalue weighted by Gasteiger charge is -2.42. The van der Waals surface area contributed by atoms with E-state index in [0.29, 0.717) is 24.6 Å². The lowest BCUT2D eigenvalue weighted by atomic mass is 9.81. The maximum atomic E-state index is 13.6. The predicted molar refractivity (Wildman–Crippen MR) is 132 cm³/mol. The van der Waals surface area contributed by atoms with Gasteiger partial charge in [-0.15, -0.1) is 11.3 Å². The molecule has 6 heteroatoms.